The molecular formula is C17H21NO. The quantitative estimate of drug-likeness (QED) is 0.740. The molecule has 2 nitrogen and oxygen atoms in total. The molecule has 100 valence electrons. The fraction of sp³-hybridized carbons (Fsp3) is 0.353. The Morgan fingerprint density at radius 1 is 1.05 bits per heavy atom. The molecular weight excluding hydrogens is 234 g/mol. The molecule has 2 rings (SSSR count). The van der Waals surface area contributed by atoms with Gasteiger partial charge in [-0.2, -0.15) is 0 Å². The third-order valence-electron chi connectivity index (χ3n) is 3.40. The van der Waals surface area contributed by atoms with Crippen molar-refractivity contribution in [1.82, 2.24) is 4.98 Å². The van der Waals surface area contributed by atoms with Crippen LogP contribution < -0.4 is 0 Å². The van der Waals surface area contributed by atoms with Gasteiger partial charge in [0.05, 0.1) is 0 Å². The van der Waals surface area contributed by atoms with E-state index >= 15 is 0 Å². The van der Waals surface area contributed by atoms with Crippen LogP contribution in [0.5, 0.6) is 0 Å². The van der Waals surface area contributed by atoms with Gasteiger partial charge in [0, 0.05) is 24.4 Å². The summed E-state index contributed by atoms with van der Waals surface area (Å²) in [7, 11) is 0. The highest BCUT2D eigenvalue weighted by Gasteiger charge is 2.06. The minimum atomic E-state index is 0.205. The second kappa shape index (κ2) is 6.93. The van der Waals surface area contributed by atoms with Gasteiger partial charge in [0.2, 0.25) is 0 Å². The second-order valence-corrected chi connectivity index (χ2v) is 4.94. The van der Waals surface area contributed by atoms with E-state index in [-0.39, 0.29) is 5.78 Å². The molecule has 0 saturated heterocycles. The minimum absolute atomic E-state index is 0.205. The first kappa shape index (κ1) is 13.6. The normalized spacial score (nSPS) is 10.6. The number of hydrogen-bond acceptors (Lipinski definition) is 1. The van der Waals surface area contributed by atoms with Crippen molar-refractivity contribution in [3.63, 3.8) is 0 Å². The van der Waals surface area contributed by atoms with E-state index in [4.69, 9.17) is 0 Å². The van der Waals surface area contributed by atoms with Gasteiger partial charge in [-0.05, 0) is 36.5 Å². The van der Waals surface area contributed by atoms with Gasteiger partial charge in [-0.25, -0.2) is 0 Å². The van der Waals surface area contributed by atoms with E-state index in [2.05, 4.69) is 36.2 Å². The number of aromatic nitrogens is 1. The lowest BCUT2D eigenvalue weighted by Crippen LogP contribution is -1.99. The van der Waals surface area contributed by atoms with Crippen molar-refractivity contribution in [2.45, 2.75) is 39.0 Å². The fourth-order valence-electron chi connectivity index (χ4n) is 2.15. The van der Waals surface area contributed by atoms with Crippen LogP contribution in [0.1, 0.15) is 47.7 Å². The summed E-state index contributed by atoms with van der Waals surface area (Å²) in [6, 6.07) is 10.5. The number of benzene rings is 1. The largest absolute Gasteiger partial charge is 0.367 e. The Kier molecular flexibility index (Phi) is 4.96. The highest BCUT2D eigenvalue weighted by molar-refractivity contribution is 5.95. The number of H-pyrrole nitrogens is 1. The molecule has 1 heterocycles. The van der Waals surface area contributed by atoms with Crippen molar-refractivity contribution < 1.29 is 4.79 Å². The van der Waals surface area contributed by atoms with E-state index in [1.807, 2.05) is 6.07 Å². The average molecular weight is 255 g/mol. The van der Waals surface area contributed by atoms with Gasteiger partial charge in [0.15, 0.2) is 5.78 Å². The van der Waals surface area contributed by atoms with Gasteiger partial charge in [-0.15, -0.1) is 0 Å². The third kappa shape index (κ3) is 4.09. The van der Waals surface area contributed by atoms with Crippen molar-refractivity contribution in [2.24, 2.45) is 0 Å². The summed E-state index contributed by atoms with van der Waals surface area (Å²) in [5.41, 5.74) is 3.41. The second-order valence-electron chi connectivity index (χ2n) is 4.94. The molecule has 0 aliphatic carbocycles. The van der Waals surface area contributed by atoms with E-state index in [1.165, 1.54) is 24.0 Å². The van der Waals surface area contributed by atoms with Crippen LogP contribution in [0.25, 0.3) is 0 Å². The Balaban J connectivity index is 1.84. The van der Waals surface area contributed by atoms with Crippen molar-refractivity contribution in [2.75, 3.05) is 0 Å². The molecule has 0 spiro atoms. The van der Waals surface area contributed by atoms with Gasteiger partial charge >= 0.3 is 0 Å². The summed E-state index contributed by atoms with van der Waals surface area (Å²) in [6.07, 6.45) is 8.56. The standard InChI is InChI=1S/C17H21NO/c1-2-3-4-14-5-7-15(8-6-14)9-10-17(19)16-11-12-18-13-16/h5-8,11-13,18H,2-4,9-10H2,1H3. The first-order chi connectivity index (χ1) is 9.29. The SMILES string of the molecule is CCCCc1ccc(CCC(=O)c2cc[nH]c2)cc1. The maximum atomic E-state index is 11.9. The minimum Gasteiger partial charge on any atom is -0.367 e. The lowest BCUT2D eigenvalue weighted by Gasteiger charge is -2.03. The molecule has 1 N–H and O–H groups in total. The number of aryl methyl sites for hydroxylation is 2. The topological polar surface area (TPSA) is 32.9 Å². The van der Waals surface area contributed by atoms with Crippen LogP contribution in [0.4, 0.5) is 0 Å². The van der Waals surface area contributed by atoms with E-state index in [1.54, 1.807) is 12.4 Å². The highest BCUT2D eigenvalue weighted by Crippen LogP contribution is 2.11. The number of hydrogen-bond donors (Lipinski definition) is 1. The van der Waals surface area contributed by atoms with Gasteiger partial charge in [-0.3, -0.25) is 4.79 Å². The molecule has 0 aliphatic rings. The monoisotopic (exact) mass is 255 g/mol. The molecule has 0 unspecified atom stereocenters. The van der Waals surface area contributed by atoms with Gasteiger partial charge < -0.3 is 4.98 Å². The predicted molar refractivity (Wildman–Crippen MR) is 78.5 cm³/mol. The van der Waals surface area contributed by atoms with Crippen LogP contribution in [-0.4, -0.2) is 10.8 Å². The van der Waals surface area contributed by atoms with Gasteiger partial charge in [0.1, 0.15) is 0 Å². The summed E-state index contributed by atoms with van der Waals surface area (Å²) in [5, 5.41) is 0. The first-order valence-electron chi connectivity index (χ1n) is 7.03. The fourth-order valence-corrected chi connectivity index (χ4v) is 2.15. The van der Waals surface area contributed by atoms with Crippen LogP contribution in [0.2, 0.25) is 0 Å². The van der Waals surface area contributed by atoms with Gasteiger partial charge in [-0.1, -0.05) is 37.6 Å². The highest BCUT2D eigenvalue weighted by atomic mass is 16.1. The van der Waals surface area contributed by atoms with E-state index in [0.29, 0.717) is 6.42 Å². The molecule has 2 heteroatoms. The Hall–Kier alpha value is -1.83. The zero-order chi connectivity index (χ0) is 13.5. The molecule has 0 fully saturated rings. The number of carbonyl (C=O) groups is 1. The molecule has 0 amide bonds. The molecule has 0 saturated carbocycles. The Morgan fingerprint density at radius 2 is 1.74 bits per heavy atom. The van der Waals surface area contributed by atoms with Crippen molar-refractivity contribution >= 4 is 5.78 Å². The molecule has 0 atom stereocenters. The van der Waals surface area contributed by atoms with Gasteiger partial charge in [0.25, 0.3) is 0 Å². The summed E-state index contributed by atoms with van der Waals surface area (Å²) in [4.78, 5) is 14.8. The Bertz CT molecular complexity index is 497. The van der Waals surface area contributed by atoms with Crippen LogP contribution in [0, 0.1) is 0 Å². The first-order valence-corrected chi connectivity index (χ1v) is 7.03. The molecule has 2 aromatic rings. The maximum Gasteiger partial charge on any atom is 0.164 e. The number of Topliss-reactive ketones (excluding diaryl/α,β-unsaturated/α-hetero) is 1. The number of aromatic amines is 1. The Labute approximate surface area is 114 Å². The molecule has 19 heavy (non-hydrogen) atoms. The summed E-state index contributed by atoms with van der Waals surface area (Å²) in [6.45, 7) is 2.21. The van der Waals surface area contributed by atoms with E-state index in [9.17, 15) is 4.79 Å². The molecule has 1 aromatic carbocycles. The van der Waals surface area contributed by atoms with Crippen molar-refractivity contribution in [3.05, 3.63) is 59.4 Å². The molecule has 0 radical (unpaired) electrons. The number of rotatable bonds is 7. The van der Waals surface area contributed by atoms with Crippen LogP contribution in [-0.2, 0) is 12.8 Å². The van der Waals surface area contributed by atoms with Crippen LogP contribution >= 0.6 is 0 Å². The lowest BCUT2D eigenvalue weighted by molar-refractivity contribution is 0.0983. The lowest BCUT2D eigenvalue weighted by atomic mass is 10.0. The van der Waals surface area contributed by atoms with E-state index < -0.39 is 0 Å². The zero-order valence-corrected chi connectivity index (χ0v) is 11.5. The summed E-state index contributed by atoms with van der Waals surface area (Å²) < 4.78 is 0. The molecule has 0 aliphatic heterocycles. The Morgan fingerprint density at radius 3 is 2.32 bits per heavy atom. The molecule has 1 aromatic heterocycles. The van der Waals surface area contributed by atoms with E-state index in [0.717, 1.165) is 18.4 Å². The number of unbranched alkanes of at least 4 members (excludes halogenated alkanes) is 1. The van der Waals surface area contributed by atoms with Crippen LogP contribution in [0.15, 0.2) is 42.7 Å². The third-order valence-corrected chi connectivity index (χ3v) is 3.40. The maximum absolute atomic E-state index is 11.9. The van der Waals surface area contributed by atoms with Crippen molar-refractivity contribution in [3.8, 4) is 0 Å². The number of nitrogens with one attached hydrogen (secondary N) is 1. The number of ketones is 1. The smallest absolute Gasteiger partial charge is 0.164 e. The van der Waals surface area contributed by atoms with Crippen LogP contribution in [0.3, 0.4) is 0 Å². The average Bonchev–Trinajstić information content (AvgIpc) is 2.98. The molecule has 0 bridgehead atoms. The summed E-state index contributed by atoms with van der Waals surface area (Å²) >= 11 is 0. The number of carbonyl (C=O) groups excluding carboxylic acids is 1. The zero-order valence-electron chi connectivity index (χ0n) is 11.5. The predicted octanol–water partition coefficient (Wildman–Crippen LogP) is 4.17. The summed E-state index contributed by atoms with van der Waals surface area (Å²) in [5.74, 6) is 0.205. The van der Waals surface area contributed by atoms with Crippen molar-refractivity contribution in [1.29, 1.82) is 0 Å².